The highest BCUT2D eigenvalue weighted by atomic mass is 19.1. The zero-order valence-corrected chi connectivity index (χ0v) is 14.5. The van der Waals surface area contributed by atoms with Gasteiger partial charge >= 0.3 is 6.03 Å². The van der Waals surface area contributed by atoms with Crippen molar-refractivity contribution in [2.24, 2.45) is 0 Å². The molecule has 1 N–H and O–H groups in total. The van der Waals surface area contributed by atoms with E-state index in [9.17, 15) is 14.0 Å². The van der Waals surface area contributed by atoms with Crippen LogP contribution in [0.5, 0.6) is 0 Å². The molecule has 3 rings (SSSR count). The Morgan fingerprint density at radius 3 is 2.48 bits per heavy atom. The monoisotopic (exact) mass is 347 g/mol. The number of amides is 3. The number of piperidine rings is 1. The van der Waals surface area contributed by atoms with Crippen LogP contribution in [0.15, 0.2) is 24.3 Å². The van der Waals surface area contributed by atoms with Crippen LogP contribution >= 0.6 is 0 Å². The lowest BCUT2D eigenvalue weighted by atomic mass is 10.0. The molecule has 0 saturated carbocycles. The van der Waals surface area contributed by atoms with Crippen molar-refractivity contribution in [3.8, 4) is 0 Å². The van der Waals surface area contributed by atoms with Crippen molar-refractivity contribution in [3.05, 3.63) is 35.6 Å². The van der Waals surface area contributed by atoms with Crippen molar-refractivity contribution in [2.75, 3.05) is 26.2 Å². The predicted octanol–water partition coefficient (Wildman–Crippen LogP) is 2.55. The third kappa shape index (κ3) is 4.71. The summed E-state index contributed by atoms with van der Waals surface area (Å²) in [6.45, 7) is 2.37. The fourth-order valence-electron chi connectivity index (χ4n) is 3.72. The number of nitrogens with one attached hydrogen (secondary N) is 1. The van der Waals surface area contributed by atoms with Gasteiger partial charge in [-0.3, -0.25) is 4.79 Å². The van der Waals surface area contributed by atoms with Crippen molar-refractivity contribution in [3.63, 3.8) is 0 Å². The third-order valence-corrected chi connectivity index (χ3v) is 5.12. The lowest BCUT2D eigenvalue weighted by molar-refractivity contribution is -0.130. The van der Waals surface area contributed by atoms with Crippen molar-refractivity contribution < 1.29 is 14.0 Å². The van der Waals surface area contributed by atoms with Crippen LogP contribution in [0.2, 0.25) is 0 Å². The molecule has 1 aromatic carbocycles. The molecule has 0 aliphatic carbocycles. The Labute approximate surface area is 148 Å². The van der Waals surface area contributed by atoms with Gasteiger partial charge < -0.3 is 15.1 Å². The number of nitrogens with zero attached hydrogens (tertiary/aromatic N) is 2. The summed E-state index contributed by atoms with van der Waals surface area (Å²) in [5.74, 6) is -0.247. The minimum absolute atomic E-state index is 0.00216. The molecule has 1 unspecified atom stereocenters. The molecule has 2 heterocycles. The molecule has 136 valence electrons. The van der Waals surface area contributed by atoms with E-state index in [1.165, 1.54) is 18.6 Å². The van der Waals surface area contributed by atoms with E-state index in [1.54, 1.807) is 12.1 Å². The molecule has 2 aliphatic rings. The summed E-state index contributed by atoms with van der Waals surface area (Å²) in [6.07, 6.45) is 5.88. The maximum absolute atomic E-state index is 13.0. The number of carbonyl (C=O) groups is 2. The van der Waals surface area contributed by atoms with E-state index >= 15 is 0 Å². The van der Waals surface area contributed by atoms with E-state index in [0.717, 1.165) is 44.3 Å². The second-order valence-electron chi connectivity index (χ2n) is 6.92. The Hall–Kier alpha value is -2.11. The van der Waals surface area contributed by atoms with E-state index in [2.05, 4.69) is 5.32 Å². The van der Waals surface area contributed by atoms with Gasteiger partial charge in [0.2, 0.25) is 5.91 Å². The van der Waals surface area contributed by atoms with Crippen molar-refractivity contribution in [1.82, 2.24) is 15.1 Å². The second kappa shape index (κ2) is 8.32. The van der Waals surface area contributed by atoms with Gasteiger partial charge in [0.25, 0.3) is 0 Å². The highest BCUT2D eigenvalue weighted by Gasteiger charge is 2.29. The Morgan fingerprint density at radius 2 is 1.76 bits per heavy atom. The number of hydrogen-bond acceptors (Lipinski definition) is 2. The zero-order chi connectivity index (χ0) is 17.6. The number of carbonyl (C=O) groups excluding carboxylic acids is 2. The summed E-state index contributed by atoms with van der Waals surface area (Å²) in [5.41, 5.74) is 1.02. The first kappa shape index (κ1) is 17.7. The Bertz CT molecular complexity index is 599. The molecule has 2 aliphatic heterocycles. The summed E-state index contributed by atoms with van der Waals surface area (Å²) in [6, 6.07) is 6.37. The summed E-state index contributed by atoms with van der Waals surface area (Å²) < 4.78 is 13.0. The van der Waals surface area contributed by atoms with E-state index < -0.39 is 0 Å². The molecule has 1 aromatic rings. The average Bonchev–Trinajstić information content (AvgIpc) is 3.10. The Morgan fingerprint density at radius 1 is 1.04 bits per heavy atom. The standard InChI is InChI=1S/C19H26FN3O2/c20-16-8-6-15(7-9-16)13-17-5-4-12-23(17)19(25)21-14-18(24)22-10-2-1-3-11-22/h6-9,17H,1-5,10-14H2,(H,21,25). The van der Waals surface area contributed by atoms with Gasteiger partial charge in [-0.15, -0.1) is 0 Å². The van der Waals surface area contributed by atoms with Crippen LogP contribution in [0.1, 0.15) is 37.7 Å². The number of benzene rings is 1. The number of rotatable bonds is 4. The molecule has 25 heavy (non-hydrogen) atoms. The molecule has 0 spiro atoms. The van der Waals surface area contributed by atoms with Crippen LogP contribution in [-0.4, -0.2) is 54.0 Å². The molecule has 5 nitrogen and oxygen atoms in total. The minimum atomic E-state index is -0.249. The van der Waals surface area contributed by atoms with Gasteiger partial charge in [0.1, 0.15) is 5.82 Å². The first-order chi connectivity index (χ1) is 12.1. The first-order valence-corrected chi connectivity index (χ1v) is 9.20. The Balaban J connectivity index is 1.50. The minimum Gasteiger partial charge on any atom is -0.341 e. The maximum Gasteiger partial charge on any atom is 0.318 e. The summed E-state index contributed by atoms with van der Waals surface area (Å²) in [7, 11) is 0. The van der Waals surface area contributed by atoms with Crippen LogP contribution in [0.3, 0.4) is 0 Å². The average molecular weight is 347 g/mol. The topological polar surface area (TPSA) is 52.7 Å². The van der Waals surface area contributed by atoms with Crippen molar-refractivity contribution in [1.29, 1.82) is 0 Å². The van der Waals surface area contributed by atoms with Crippen LogP contribution < -0.4 is 5.32 Å². The quantitative estimate of drug-likeness (QED) is 0.910. The van der Waals surface area contributed by atoms with E-state index in [1.807, 2.05) is 9.80 Å². The number of hydrogen-bond donors (Lipinski definition) is 1. The van der Waals surface area contributed by atoms with Crippen LogP contribution in [0.25, 0.3) is 0 Å². The van der Waals surface area contributed by atoms with E-state index in [4.69, 9.17) is 0 Å². The van der Waals surface area contributed by atoms with Crippen LogP contribution in [0.4, 0.5) is 9.18 Å². The number of urea groups is 1. The van der Waals surface area contributed by atoms with Crippen LogP contribution in [0, 0.1) is 5.82 Å². The molecule has 1 atom stereocenters. The highest BCUT2D eigenvalue weighted by molar-refractivity contribution is 5.84. The molecule has 3 amide bonds. The number of halogens is 1. The molecule has 0 radical (unpaired) electrons. The van der Waals surface area contributed by atoms with E-state index in [0.29, 0.717) is 13.0 Å². The van der Waals surface area contributed by atoms with Crippen LogP contribution in [-0.2, 0) is 11.2 Å². The normalized spacial score (nSPS) is 20.6. The molecule has 2 fully saturated rings. The zero-order valence-electron chi connectivity index (χ0n) is 14.5. The largest absolute Gasteiger partial charge is 0.341 e. The van der Waals surface area contributed by atoms with Gasteiger partial charge in [-0.2, -0.15) is 0 Å². The lowest BCUT2D eigenvalue weighted by Crippen LogP contribution is -2.48. The molecular weight excluding hydrogens is 321 g/mol. The predicted molar refractivity (Wildman–Crippen MR) is 93.7 cm³/mol. The molecule has 6 heteroatoms. The molecule has 0 aromatic heterocycles. The van der Waals surface area contributed by atoms with Crippen molar-refractivity contribution >= 4 is 11.9 Å². The fourth-order valence-corrected chi connectivity index (χ4v) is 3.72. The third-order valence-electron chi connectivity index (χ3n) is 5.12. The SMILES string of the molecule is O=C(CNC(=O)N1CCCC1Cc1ccc(F)cc1)N1CCCCC1. The molecule has 2 saturated heterocycles. The smallest absolute Gasteiger partial charge is 0.318 e. The van der Waals surface area contributed by atoms with Gasteiger partial charge in [-0.25, -0.2) is 9.18 Å². The maximum atomic E-state index is 13.0. The summed E-state index contributed by atoms with van der Waals surface area (Å²) in [5, 5.41) is 2.78. The van der Waals surface area contributed by atoms with Gasteiger partial charge in [-0.05, 0) is 56.2 Å². The molecule has 0 bridgehead atoms. The van der Waals surface area contributed by atoms with Crippen molar-refractivity contribution in [2.45, 2.75) is 44.6 Å². The Kier molecular flexibility index (Phi) is 5.89. The van der Waals surface area contributed by atoms with Gasteiger partial charge in [0.15, 0.2) is 0 Å². The summed E-state index contributed by atoms with van der Waals surface area (Å²) in [4.78, 5) is 28.3. The molecular formula is C19H26FN3O2. The fraction of sp³-hybridized carbons (Fsp3) is 0.579. The first-order valence-electron chi connectivity index (χ1n) is 9.20. The summed E-state index contributed by atoms with van der Waals surface area (Å²) >= 11 is 0. The van der Waals surface area contributed by atoms with Gasteiger partial charge in [-0.1, -0.05) is 12.1 Å². The lowest BCUT2D eigenvalue weighted by Gasteiger charge is -2.28. The highest BCUT2D eigenvalue weighted by Crippen LogP contribution is 2.21. The second-order valence-corrected chi connectivity index (χ2v) is 6.92. The number of likely N-dealkylation sites (tertiary alicyclic amines) is 2. The van der Waals surface area contributed by atoms with E-state index in [-0.39, 0.29) is 30.3 Å². The van der Waals surface area contributed by atoms with Gasteiger partial charge in [0, 0.05) is 25.7 Å². The van der Waals surface area contributed by atoms with Gasteiger partial charge in [0.05, 0.1) is 6.54 Å².